The number of rotatable bonds is 5. The van der Waals surface area contributed by atoms with Crippen LogP contribution >= 0.6 is 11.6 Å². The maximum atomic E-state index is 12.7. The summed E-state index contributed by atoms with van der Waals surface area (Å²) in [6, 6.07) is 8.82. The van der Waals surface area contributed by atoms with E-state index in [0.29, 0.717) is 27.4 Å². The van der Waals surface area contributed by atoms with Gasteiger partial charge >= 0.3 is 5.97 Å². The van der Waals surface area contributed by atoms with Crippen LogP contribution in [0.2, 0.25) is 5.02 Å². The van der Waals surface area contributed by atoms with Crippen molar-refractivity contribution in [2.45, 2.75) is 20.8 Å². The number of aromatic amines is 1. The smallest absolute Gasteiger partial charge is 0.340 e. The van der Waals surface area contributed by atoms with Gasteiger partial charge in [0.25, 0.3) is 0 Å². The molecule has 0 bridgehead atoms. The van der Waals surface area contributed by atoms with Gasteiger partial charge in [0.1, 0.15) is 11.6 Å². The normalized spacial score (nSPS) is 11.1. The van der Waals surface area contributed by atoms with Crippen LogP contribution in [-0.4, -0.2) is 23.3 Å². The highest BCUT2D eigenvalue weighted by Crippen LogP contribution is 2.24. The Labute approximate surface area is 150 Å². The number of ether oxygens (including phenoxy) is 1. The molecule has 5 nitrogen and oxygen atoms in total. The highest BCUT2D eigenvalue weighted by Gasteiger charge is 2.24. The zero-order valence-corrected chi connectivity index (χ0v) is 14.9. The molecule has 1 aromatic carbocycles. The largest absolute Gasteiger partial charge is 0.462 e. The maximum absolute atomic E-state index is 12.7. The Morgan fingerprint density at radius 2 is 2.00 bits per heavy atom. The van der Waals surface area contributed by atoms with Crippen LogP contribution in [0, 0.1) is 25.2 Å². The first-order valence-electron chi connectivity index (χ1n) is 7.68. The number of carbonyl (C=O) groups excluding carboxylic acids is 2. The number of benzene rings is 1. The number of carbonyl (C=O) groups is 2. The van der Waals surface area contributed by atoms with Gasteiger partial charge in [-0.2, -0.15) is 5.26 Å². The molecule has 2 rings (SSSR count). The molecule has 0 unspecified atom stereocenters. The van der Waals surface area contributed by atoms with Crippen molar-refractivity contribution in [1.29, 1.82) is 5.26 Å². The summed E-state index contributed by atoms with van der Waals surface area (Å²) in [6.45, 7) is 5.27. The van der Waals surface area contributed by atoms with Gasteiger partial charge in [-0.15, -0.1) is 0 Å². The molecule has 0 aliphatic heterocycles. The summed E-state index contributed by atoms with van der Waals surface area (Å²) in [5.41, 5.74) is 1.99. The van der Waals surface area contributed by atoms with Crippen molar-refractivity contribution in [3.05, 3.63) is 62.9 Å². The average molecular weight is 357 g/mol. The summed E-state index contributed by atoms with van der Waals surface area (Å²) in [6.07, 6.45) is 1.43. The molecule has 1 N–H and O–H groups in total. The van der Waals surface area contributed by atoms with Crippen molar-refractivity contribution in [2.75, 3.05) is 6.61 Å². The number of nitrogens with zero attached hydrogens (tertiary/aromatic N) is 1. The van der Waals surface area contributed by atoms with Gasteiger partial charge in [-0.05, 0) is 44.0 Å². The summed E-state index contributed by atoms with van der Waals surface area (Å²) < 4.78 is 5.01. The topological polar surface area (TPSA) is 83.0 Å². The molecule has 0 saturated heterocycles. The van der Waals surface area contributed by atoms with E-state index in [4.69, 9.17) is 16.3 Å². The lowest BCUT2D eigenvalue weighted by atomic mass is 10.0. The Hall–Kier alpha value is -2.84. The third-order valence-corrected chi connectivity index (χ3v) is 4.06. The van der Waals surface area contributed by atoms with Crippen molar-refractivity contribution >= 4 is 29.4 Å². The highest BCUT2D eigenvalue weighted by molar-refractivity contribution is 6.32. The maximum Gasteiger partial charge on any atom is 0.340 e. The Morgan fingerprint density at radius 3 is 2.60 bits per heavy atom. The van der Waals surface area contributed by atoms with Crippen LogP contribution < -0.4 is 0 Å². The average Bonchev–Trinajstić information content (AvgIpc) is 2.88. The molecular weight excluding hydrogens is 340 g/mol. The third-order valence-electron chi connectivity index (χ3n) is 3.71. The van der Waals surface area contributed by atoms with Crippen molar-refractivity contribution < 1.29 is 14.3 Å². The van der Waals surface area contributed by atoms with Crippen molar-refractivity contribution in [3.63, 3.8) is 0 Å². The molecule has 1 aromatic heterocycles. The fourth-order valence-corrected chi connectivity index (χ4v) is 2.71. The minimum Gasteiger partial charge on any atom is -0.462 e. The predicted octanol–water partition coefficient (Wildman–Crippen LogP) is 4.25. The zero-order valence-electron chi connectivity index (χ0n) is 14.1. The first kappa shape index (κ1) is 18.5. The number of nitriles is 1. The monoisotopic (exact) mass is 356 g/mol. The lowest BCUT2D eigenvalue weighted by Gasteiger charge is -2.03. The van der Waals surface area contributed by atoms with Gasteiger partial charge in [0.2, 0.25) is 5.78 Å². The molecule has 0 amide bonds. The van der Waals surface area contributed by atoms with Crippen LogP contribution in [0.1, 0.15) is 44.6 Å². The number of aryl methyl sites for hydroxylation is 1. The van der Waals surface area contributed by atoms with E-state index in [1.165, 1.54) is 6.08 Å². The van der Waals surface area contributed by atoms with Gasteiger partial charge in [-0.1, -0.05) is 29.8 Å². The van der Waals surface area contributed by atoms with Gasteiger partial charge in [0.05, 0.1) is 17.9 Å². The van der Waals surface area contributed by atoms with Crippen LogP contribution in [0.25, 0.3) is 6.08 Å². The number of halogens is 1. The Morgan fingerprint density at radius 1 is 1.32 bits per heavy atom. The van der Waals surface area contributed by atoms with E-state index in [1.54, 1.807) is 45.0 Å². The molecule has 128 valence electrons. The minimum atomic E-state index is -0.501. The number of Topliss-reactive ketones (excluding diaryl/α,β-unsaturated/α-hetero) is 1. The van der Waals surface area contributed by atoms with E-state index in [-0.39, 0.29) is 17.9 Å². The van der Waals surface area contributed by atoms with Crippen molar-refractivity contribution in [1.82, 2.24) is 4.98 Å². The number of nitrogens with one attached hydrogen (secondary N) is 1. The predicted molar refractivity (Wildman–Crippen MR) is 95.6 cm³/mol. The Kier molecular flexibility index (Phi) is 5.79. The van der Waals surface area contributed by atoms with Gasteiger partial charge in [0, 0.05) is 10.7 Å². The van der Waals surface area contributed by atoms with Crippen molar-refractivity contribution in [3.8, 4) is 6.07 Å². The lowest BCUT2D eigenvalue weighted by Crippen LogP contribution is -2.08. The third kappa shape index (κ3) is 3.81. The summed E-state index contributed by atoms with van der Waals surface area (Å²) in [7, 11) is 0. The van der Waals surface area contributed by atoms with Crippen LogP contribution in [0.5, 0.6) is 0 Å². The van der Waals surface area contributed by atoms with Crippen LogP contribution in [0.15, 0.2) is 29.8 Å². The van der Waals surface area contributed by atoms with E-state index in [0.717, 1.165) is 0 Å². The molecule has 0 aliphatic rings. The van der Waals surface area contributed by atoms with Crippen molar-refractivity contribution in [2.24, 2.45) is 0 Å². The number of allylic oxidation sites excluding steroid dienone is 1. The number of ketones is 1. The Bertz CT molecular complexity index is 904. The number of hydrogen-bond donors (Lipinski definition) is 1. The Balaban J connectivity index is 2.46. The van der Waals surface area contributed by atoms with Crippen LogP contribution in [0.3, 0.4) is 0 Å². The van der Waals surface area contributed by atoms with E-state index in [2.05, 4.69) is 4.98 Å². The fourth-order valence-electron chi connectivity index (χ4n) is 2.52. The lowest BCUT2D eigenvalue weighted by molar-refractivity contribution is 0.0525. The molecule has 0 saturated carbocycles. The summed E-state index contributed by atoms with van der Waals surface area (Å²) in [5, 5.41) is 9.82. The zero-order chi connectivity index (χ0) is 18.6. The molecule has 2 aromatic rings. The summed E-state index contributed by atoms with van der Waals surface area (Å²) >= 11 is 6.08. The molecule has 0 aliphatic carbocycles. The highest BCUT2D eigenvalue weighted by atomic mass is 35.5. The number of aromatic nitrogens is 1. The fraction of sp³-hybridized carbons (Fsp3) is 0.211. The second kappa shape index (κ2) is 7.82. The minimum absolute atomic E-state index is 0.0761. The summed E-state index contributed by atoms with van der Waals surface area (Å²) in [5.74, 6) is -1.00. The standard InChI is InChI=1S/C19H17ClN2O3/c1-4-25-19(24)16-11(2)17(22-12(16)3)18(23)14(10-21)9-13-7-5-6-8-15(13)20/h5-9,22H,4H2,1-3H3. The first-order chi connectivity index (χ1) is 11.9. The van der Waals surface area contributed by atoms with E-state index >= 15 is 0 Å². The van der Waals surface area contributed by atoms with E-state index in [1.807, 2.05) is 6.07 Å². The van der Waals surface area contributed by atoms with Gasteiger partial charge in [-0.25, -0.2) is 4.79 Å². The van der Waals surface area contributed by atoms with Crippen LogP contribution in [-0.2, 0) is 4.74 Å². The molecule has 0 spiro atoms. The molecule has 6 heteroatoms. The molecule has 0 radical (unpaired) electrons. The second-order valence-electron chi connectivity index (χ2n) is 5.37. The number of hydrogen-bond acceptors (Lipinski definition) is 4. The van der Waals surface area contributed by atoms with Gasteiger partial charge in [-0.3, -0.25) is 4.79 Å². The summed E-state index contributed by atoms with van der Waals surface area (Å²) in [4.78, 5) is 27.7. The van der Waals surface area contributed by atoms with Crippen LogP contribution in [0.4, 0.5) is 0 Å². The molecule has 1 heterocycles. The molecule has 0 fully saturated rings. The number of esters is 1. The SMILES string of the molecule is CCOC(=O)c1c(C)[nH]c(C(=O)C(C#N)=Cc2ccccc2Cl)c1C. The number of H-pyrrole nitrogens is 1. The van der Waals surface area contributed by atoms with Gasteiger partial charge in [0.15, 0.2) is 0 Å². The quantitative estimate of drug-likeness (QED) is 0.375. The van der Waals surface area contributed by atoms with E-state index < -0.39 is 11.8 Å². The first-order valence-corrected chi connectivity index (χ1v) is 8.05. The molecule has 25 heavy (non-hydrogen) atoms. The van der Waals surface area contributed by atoms with Gasteiger partial charge < -0.3 is 9.72 Å². The van der Waals surface area contributed by atoms with E-state index in [9.17, 15) is 14.9 Å². The molecule has 0 atom stereocenters. The second-order valence-corrected chi connectivity index (χ2v) is 5.77. The molecular formula is C19H17ClN2O3.